The van der Waals surface area contributed by atoms with E-state index in [9.17, 15) is 9.59 Å². The quantitative estimate of drug-likeness (QED) is 0.918. The summed E-state index contributed by atoms with van der Waals surface area (Å²) in [6, 6.07) is 8.27. The van der Waals surface area contributed by atoms with Crippen LogP contribution in [0.4, 0.5) is 0 Å². The molecule has 26 heavy (non-hydrogen) atoms. The van der Waals surface area contributed by atoms with E-state index in [4.69, 9.17) is 0 Å². The lowest BCUT2D eigenvalue weighted by Crippen LogP contribution is -2.47. The van der Waals surface area contributed by atoms with Gasteiger partial charge in [0.25, 0.3) is 0 Å². The lowest BCUT2D eigenvalue weighted by atomic mass is 9.93. The lowest BCUT2D eigenvalue weighted by Gasteiger charge is -2.35. The minimum Gasteiger partial charge on any atom is -0.355 e. The zero-order valence-corrected chi connectivity index (χ0v) is 15.3. The molecule has 2 amide bonds. The number of nitrogens with zero attached hydrogens (tertiary/aromatic N) is 3. The van der Waals surface area contributed by atoms with Crippen molar-refractivity contribution in [1.29, 1.82) is 0 Å². The number of piperidine rings is 2. The Morgan fingerprint density at radius 1 is 1.23 bits per heavy atom. The average molecular weight is 354 g/mol. The van der Waals surface area contributed by atoms with Gasteiger partial charge in [-0.25, -0.2) is 4.98 Å². The molecule has 0 aliphatic carbocycles. The molecule has 1 unspecified atom stereocenters. The van der Waals surface area contributed by atoms with Crippen molar-refractivity contribution in [2.75, 3.05) is 19.6 Å². The van der Waals surface area contributed by atoms with Gasteiger partial charge in [-0.05, 0) is 44.2 Å². The largest absolute Gasteiger partial charge is 0.355 e. The first-order chi connectivity index (χ1) is 12.6. The van der Waals surface area contributed by atoms with Crippen molar-refractivity contribution in [3.63, 3.8) is 0 Å². The van der Waals surface area contributed by atoms with E-state index in [1.165, 1.54) is 5.52 Å². The van der Waals surface area contributed by atoms with Gasteiger partial charge in [-0.2, -0.15) is 0 Å². The van der Waals surface area contributed by atoms with Crippen LogP contribution in [-0.4, -0.2) is 45.9 Å². The Hall–Kier alpha value is -2.37. The smallest absolute Gasteiger partial charge is 0.227 e. The van der Waals surface area contributed by atoms with Crippen molar-refractivity contribution in [1.82, 2.24) is 19.8 Å². The second kappa shape index (κ2) is 7.09. The van der Waals surface area contributed by atoms with E-state index >= 15 is 0 Å². The Kier molecular flexibility index (Phi) is 4.66. The Labute approximate surface area is 153 Å². The average Bonchev–Trinajstić information content (AvgIpc) is 2.98. The van der Waals surface area contributed by atoms with Crippen LogP contribution in [0.25, 0.3) is 11.0 Å². The number of carbonyl (C=O) groups excluding carboxylic acids is 2. The number of aryl methyl sites for hydroxylation is 1. The van der Waals surface area contributed by atoms with Gasteiger partial charge < -0.3 is 14.8 Å². The predicted molar refractivity (Wildman–Crippen MR) is 99.5 cm³/mol. The number of hydrogen-bond acceptors (Lipinski definition) is 3. The highest BCUT2D eigenvalue weighted by Gasteiger charge is 2.31. The molecular formula is C20H26N4O2. The van der Waals surface area contributed by atoms with Gasteiger partial charge >= 0.3 is 0 Å². The summed E-state index contributed by atoms with van der Waals surface area (Å²) in [5, 5.41) is 2.82. The molecule has 6 heteroatoms. The molecule has 0 radical (unpaired) electrons. The van der Waals surface area contributed by atoms with Crippen molar-refractivity contribution >= 4 is 22.8 Å². The van der Waals surface area contributed by atoms with Crippen LogP contribution < -0.4 is 5.32 Å². The van der Waals surface area contributed by atoms with Crippen molar-refractivity contribution in [2.24, 2.45) is 11.8 Å². The van der Waals surface area contributed by atoms with Crippen LogP contribution in [0.15, 0.2) is 24.3 Å². The van der Waals surface area contributed by atoms with Crippen LogP contribution in [-0.2, 0) is 16.1 Å². The first-order valence-electron chi connectivity index (χ1n) is 9.59. The molecule has 2 aliphatic rings. The summed E-state index contributed by atoms with van der Waals surface area (Å²) in [5.74, 6) is 1.87. The number of fused-ring (bicyclic) bond motifs is 1. The van der Waals surface area contributed by atoms with Crippen LogP contribution in [0, 0.1) is 18.8 Å². The highest BCUT2D eigenvalue weighted by Crippen LogP contribution is 2.25. The Morgan fingerprint density at radius 2 is 2.00 bits per heavy atom. The lowest BCUT2D eigenvalue weighted by molar-refractivity contribution is -0.138. The van der Waals surface area contributed by atoms with E-state index in [2.05, 4.69) is 40.0 Å². The molecule has 2 aromatic rings. The van der Waals surface area contributed by atoms with Gasteiger partial charge in [0.2, 0.25) is 11.8 Å². The number of imidazole rings is 1. The van der Waals surface area contributed by atoms with Crippen molar-refractivity contribution < 1.29 is 9.59 Å². The van der Waals surface area contributed by atoms with E-state index in [0.717, 1.165) is 43.8 Å². The molecule has 1 N–H and O–H groups in total. The second-order valence-corrected chi connectivity index (χ2v) is 7.57. The summed E-state index contributed by atoms with van der Waals surface area (Å²) >= 11 is 0. The van der Waals surface area contributed by atoms with Crippen LogP contribution >= 0.6 is 0 Å². The summed E-state index contributed by atoms with van der Waals surface area (Å²) in [6.45, 7) is 5.17. The Balaban J connectivity index is 1.35. The fraction of sp³-hybridized carbons (Fsp3) is 0.550. The van der Waals surface area contributed by atoms with Gasteiger partial charge in [-0.15, -0.1) is 0 Å². The zero-order valence-electron chi connectivity index (χ0n) is 15.3. The minimum atomic E-state index is -0.0379. The number of carbonyl (C=O) groups is 2. The SMILES string of the molecule is Cc1nc2ccccc2n1CC1CCN(C(=O)C2CCC(=O)NC2)CC1. The first kappa shape index (κ1) is 17.1. The molecule has 0 bridgehead atoms. The summed E-state index contributed by atoms with van der Waals surface area (Å²) in [7, 11) is 0. The third kappa shape index (κ3) is 3.32. The van der Waals surface area contributed by atoms with Gasteiger partial charge in [0, 0.05) is 32.6 Å². The number of hydrogen-bond donors (Lipinski definition) is 1. The third-order valence-corrected chi connectivity index (χ3v) is 5.83. The predicted octanol–water partition coefficient (Wildman–Crippen LogP) is 2.11. The maximum Gasteiger partial charge on any atom is 0.227 e. The molecule has 2 fully saturated rings. The van der Waals surface area contributed by atoms with Crippen LogP contribution in [0.3, 0.4) is 0 Å². The van der Waals surface area contributed by atoms with Gasteiger partial charge in [-0.3, -0.25) is 9.59 Å². The summed E-state index contributed by atoms with van der Waals surface area (Å²) < 4.78 is 2.31. The Bertz CT molecular complexity index is 810. The third-order valence-electron chi connectivity index (χ3n) is 5.83. The maximum atomic E-state index is 12.7. The van der Waals surface area contributed by atoms with E-state index in [0.29, 0.717) is 25.3 Å². The second-order valence-electron chi connectivity index (χ2n) is 7.57. The molecule has 6 nitrogen and oxygen atoms in total. The first-order valence-corrected chi connectivity index (χ1v) is 9.59. The van der Waals surface area contributed by atoms with E-state index in [1.807, 2.05) is 11.0 Å². The van der Waals surface area contributed by atoms with Crippen molar-refractivity contribution in [2.45, 2.75) is 39.2 Å². The minimum absolute atomic E-state index is 0.0379. The van der Waals surface area contributed by atoms with Gasteiger partial charge in [0.15, 0.2) is 0 Å². The molecule has 0 saturated carbocycles. The van der Waals surface area contributed by atoms with Crippen LogP contribution in [0.5, 0.6) is 0 Å². The van der Waals surface area contributed by atoms with Gasteiger partial charge in [-0.1, -0.05) is 12.1 Å². The highest BCUT2D eigenvalue weighted by atomic mass is 16.2. The zero-order chi connectivity index (χ0) is 18.1. The number of benzene rings is 1. The number of amides is 2. The summed E-state index contributed by atoms with van der Waals surface area (Å²) in [5.41, 5.74) is 2.25. The summed E-state index contributed by atoms with van der Waals surface area (Å²) in [4.78, 5) is 30.6. The molecule has 1 atom stereocenters. The van der Waals surface area contributed by atoms with Crippen LogP contribution in [0.2, 0.25) is 0 Å². The number of aromatic nitrogens is 2. The number of likely N-dealkylation sites (tertiary alicyclic amines) is 1. The Morgan fingerprint density at radius 3 is 2.73 bits per heavy atom. The van der Waals surface area contributed by atoms with Gasteiger partial charge in [0.1, 0.15) is 5.82 Å². The molecule has 2 aliphatic heterocycles. The maximum absolute atomic E-state index is 12.7. The van der Waals surface area contributed by atoms with Gasteiger partial charge in [0.05, 0.1) is 17.0 Å². The van der Waals surface area contributed by atoms with Crippen LogP contribution in [0.1, 0.15) is 31.5 Å². The molecule has 1 aromatic heterocycles. The van der Waals surface area contributed by atoms with E-state index in [-0.39, 0.29) is 17.7 Å². The molecule has 2 saturated heterocycles. The summed E-state index contributed by atoms with van der Waals surface area (Å²) in [6.07, 6.45) is 3.21. The standard InChI is InChI=1S/C20H26N4O2/c1-14-22-17-4-2-3-5-18(17)24(14)13-15-8-10-23(11-9-15)20(26)16-6-7-19(25)21-12-16/h2-5,15-16H,6-13H2,1H3,(H,21,25). The molecular weight excluding hydrogens is 328 g/mol. The topological polar surface area (TPSA) is 67.2 Å². The molecule has 1 aromatic carbocycles. The highest BCUT2D eigenvalue weighted by molar-refractivity contribution is 5.83. The molecule has 138 valence electrons. The number of rotatable bonds is 3. The number of para-hydroxylation sites is 2. The monoisotopic (exact) mass is 354 g/mol. The molecule has 3 heterocycles. The molecule has 4 rings (SSSR count). The fourth-order valence-electron chi connectivity index (χ4n) is 4.22. The molecule has 0 spiro atoms. The van der Waals surface area contributed by atoms with Crippen molar-refractivity contribution in [3.05, 3.63) is 30.1 Å². The van der Waals surface area contributed by atoms with Crippen molar-refractivity contribution in [3.8, 4) is 0 Å². The fourth-order valence-corrected chi connectivity index (χ4v) is 4.22. The number of nitrogens with one attached hydrogen (secondary N) is 1. The van der Waals surface area contributed by atoms with E-state index in [1.54, 1.807) is 0 Å². The normalized spacial score (nSPS) is 21.8. The van der Waals surface area contributed by atoms with E-state index < -0.39 is 0 Å².